The highest BCUT2D eigenvalue weighted by molar-refractivity contribution is 5.97. The Morgan fingerprint density at radius 2 is 2.10 bits per heavy atom. The molecule has 1 saturated carbocycles. The zero-order valence-corrected chi connectivity index (χ0v) is 19.1. The van der Waals surface area contributed by atoms with Crippen LogP contribution in [0, 0.1) is 0 Å². The van der Waals surface area contributed by atoms with Crippen LogP contribution >= 0.6 is 0 Å². The number of nitrogens with zero attached hydrogens (tertiary/aromatic N) is 3. The number of hydrogen-bond acceptors (Lipinski definition) is 6. The summed E-state index contributed by atoms with van der Waals surface area (Å²) in [5, 5.41) is 17.7. The Morgan fingerprint density at radius 1 is 1.32 bits per heavy atom. The molecule has 0 radical (unpaired) electrons. The molecule has 3 rings (SSSR count). The second kappa shape index (κ2) is 9.98. The van der Waals surface area contributed by atoms with E-state index in [1.807, 2.05) is 26.0 Å². The Hall–Kier alpha value is -2.84. The molecule has 1 fully saturated rings. The van der Waals surface area contributed by atoms with Gasteiger partial charge in [-0.15, -0.1) is 0 Å². The third-order valence-corrected chi connectivity index (χ3v) is 5.83. The number of hydrogen-bond donors (Lipinski definition) is 3. The maximum Gasteiger partial charge on any atom is 0.407 e. The number of alkyl carbamates (subject to hydrolysis) is 1. The topological polar surface area (TPSA) is 114 Å². The Bertz CT molecular complexity index is 918. The molecule has 0 bridgehead atoms. The second-order valence-electron chi connectivity index (χ2n) is 8.71. The number of carbonyl (C=O) groups excluding carboxylic acids is 2. The van der Waals surface area contributed by atoms with Crippen molar-refractivity contribution < 1.29 is 18.6 Å². The van der Waals surface area contributed by atoms with Crippen molar-refractivity contribution in [3.63, 3.8) is 0 Å². The smallest absolute Gasteiger partial charge is 0.407 e. The van der Waals surface area contributed by atoms with Crippen LogP contribution in [0.3, 0.4) is 0 Å². The summed E-state index contributed by atoms with van der Waals surface area (Å²) in [6, 6.07) is 3.87. The van der Waals surface area contributed by atoms with Gasteiger partial charge in [0.25, 0.3) is 0 Å². The van der Waals surface area contributed by atoms with Crippen LogP contribution in [0.15, 0.2) is 12.1 Å². The normalized spacial score (nSPS) is 19.4. The van der Waals surface area contributed by atoms with Crippen molar-refractivity contribution in [1.82, 2.24) is 25.3 Å². The molecule has 1 aliphatic rings. The third-order valence-electron chi connectivity index (χ3n) is 5.83. The summed E-state index contributed by atoms with van der Waals surface area (Å²) in [6.45, 7) is 8.17. The van der Waals surface area contributed by atoms with E-state index in [1.165, 1.54) is 0 Å². The highest BCUT2D eigenvalue weighted by atomic mass is 16.6. The summed E-state index contributed by atoms with van der Waals surface area (Å²) in [6.07, 6.45) is 3.05. The molecule has 176 valence electrons. The summed E-state index contributed by atoms with van der Waals surface area (Å²) in [4.78, 5) is 24.4. The van der Waals surface area contributed by atoms with E-state index < -0.39 is 0 Å². The van der Waals surface area contributed by atoms with E-state index in [0.717, 1.165) is 37.1 Å². The highest BCUT2D eigenvalue weighted by Crippen LogP contribution is 2.35. The average Bonchev–Trinajstić information content (AvgIpc) is 3.44. The van der Waals surface area contributed by atoms with Crippen LogP contribution in [0.1, 0.15) is 91.4 Å². The van der Waals surface area contributed by atoms with E-state index in [-0.39, 0.29) is 40.8 Å². The minimum absolute atomic E-state index is 0. The largest absolute Gasteiger partial charge is 0.446 e. The molecule has 0 aliphatic heterocycles. The predicted octanol–water partition coefficient (Wildman–Crippen LogP) is 4.46. The third kappa shape index (κ3) is 5.86. The molecule has 9 heteroatoms. The number of Topliss-reactive ketones (excluding diaryl/α,β-unsaturated/α-hetero) is 1. The van der Waals surface area contributed by atoms with Gasteiger partial charge in [0.2, 0.25) is 0 Å². The van der Waals surface area contributed by atoms with Crippen molar-refractivity contribution in [2.45, 2.75) is 77.4 Å². The summed E-state index contributed by atoms with van der Waals surface area (Å²) < 4.78 is 7.14. The van der Waals surface area contributed by atoms with Crippen molar-refractivity contribution in [2.24, 2.45) is 7.05 Å². The van der Waals surface area contributed by atoms with Crippen LogP contribution in [0.25, 0.3) is 0 Å². The first-order chi connectivity index (χ1) is 14.8. The van der Waals surface area contributed by atoms with Gasteiger partial charge >= 0.3 is 6.09 Å². The number of ketones is 1. The number of carbonyl (C=O) groups is 2. The molecule has 3 N–H and O–H groups in total. The van der Waals surface area contributed by atoms with Crippen molar-refractivity contribution in [3.05, 3.63) is 29.2 Å². The number of nitrogens with one attached hydrogen (secondary N) is 3. The molecular weight excluding hydrogens is 396 g/mol. The zero-order valence-electron chi connectivity index (χ0n) is 19.1. The van der Waals surface area contributed by atoms with E-state index in [1.54, 1.807) is 11.7 Å². The van der Waals surface area contributed by atoms with Gasteiger partial charge in [-0.1, -0.05) is 13.8 Å². The minimum atomic E-state index is -0.363. The first kappa shape index (κ1) is 22.8. The minimum Gasteiger partial charge on any atom is -0.446 e. The van der Waals surface area contributed by atoms with Gasteiger partial charge in [0.15, 0.2) is 5.78 Å². The van der Waals surface area contributed by atoms with Gasteiger partial charge in [0, 0.05) is 35.0 Å². The number of aryl methyl sites for hydroxylation is 1. The molecule has 0 aromatic carbocycles. The summed E-state index contributed by atoms with van der Waals surface area (Å²) in [5.41, 5.74) is 2.52. The maximum atomic E-state index is 12.6. The van der Waals surface area contributed by atoms with Crippen LogP contribution in [0.5, 0.6) is 0 Å². The number of aromatic nitrogens is 4. The molecule has 0 spiro atoms. The number of ether oxygens (including phenoxy) is 1. The molecule has 3 atom stereocenters. The fraction of sp³-hybridized carbons (Fsp3) is 0.636. The van der Waals surface area contributed by atoms with Crippen molar-refractivity contribution in [2.75, 3.05) is 11.9 Å². The standard InChI is InChI=1S/C22H34N6O3.3H2/c1-6-14(4)17-10-19(28(5)27-17)20(29)12-23-21-11-18(25-26-21)15-7-8-16(9-15)31-22(30)24-13(2)3;;;/h10-11,13-16H,6-9,12H2,1-5H3,(H,24,30)(H2,23,25,26);3*1H/t14?,15-,16+;;;/m0.../s1. The van der Waals surface area contributed by atoms with Crippen molar-refractivity contribution >= 4 is 17.7 Å². The molecule has 2 aromatic heterocycles. The van der Waals surface area contributed by atoms with Crippen LogP contribution in [-0.4, -0.2) is 50.5 Å². The van der Waals surface area contributed by atoms with Crippen LogP contribution < -0.4 is 10.6 Å². The fourth-order valence-electron chi connectivity index (χ4n) is 3.85. The van der Waals surface area contributed by atoms with Gasteiger partial charge in [-0.25, -0.2) is 4.79 Å². The Morgan fingerprint density at radius 3 is 2.81 bits per heavy atom. The molecule has 2 heterocycles. The Labute approximate surface area is 187 Å². The zero-order chi connectivity index (χ0) is 22.5. The van der Waals surface area contributed by atoms with Crippen molar-refractivity contribution in [1.29, 1.82) is 0 Å². The quantitative estimate of drug-likeness (QED) is 0.500. The van der Waals surface area contributed by atoms with Gasteiger partial charge in [0.1, 0.15) is 17.6 Å². The number of amides is 1. The van der Waals surface area contributed by atoms with Gasteiger partial charge < -0.3 is 15.4 Å². The van der Waals surface area contributed by atoms with Gasteiger partial charge in [-0.05, 0) is 51.5 Å². The van der Waals surface area contributed by atoms with Crippen LogP contribution in [0.2, 0.25) is 0 Å². The second-order valence-corrected chi connectivity index (χ2v) is 8.71. The fourth-order valence-corrected chi connectivity index (χ4v) is 3.85. The van der Waals surface area contributed by atoms with E-state index in [0.29, 0.717) is 17.4 Å². The SMILES string of the molecule is CCC(C)c1cc(C(=O)CNc2cc([C@H]3CC[C@@H](OC(=O)NC(C)C)C3)[nH]n2)n(C)n1.[HH].[HH].[HH]. The number of aromatic amines is 1. The Balaban J connectivity index is 0.00000363. The van der Waals surface area contributed by atoms with E-state index in [4.69, 9.17) is 4.74 Å². The lowest BCUT2D eigenvalue weighted by molar-refractivity contribution is 0.0977. The summed E-state index contributed by atoms with van der Waals surface area (Å²) in [7, 11) is 1.80. The first-order valence-electron chi connectivity index (χ1n) is 11.1. The molecule has 2 aromatic rings. The van der Waals surface area contributed by atoms with E-state index in [2.05, 4.69) is 39.8 Å². The lowest BCUT2D eigenvalue weighted by atomic mass is 10.0. The van der Waals surface area contributed by atoms with E-state index in [9.17, 15) is 9.59 Å². The molecule has 1 aliphatic carbocycles. The summed E-state index contributed by atoms with van der Waals surface area (Å²) >= 11 is 0. The lowest BCUT2D eigenvalue weighted by Crippen LogP contribution is -2.33. The molecule has 1 unspecified atom stereocenters. The average molecular weight is 437 g/mol. The predicted molar refractivity (Wildman–Crippen MR) is 125 cm³/mol. The molecule has 0 saturated heterocycles. The highest BCUT2D eigenvalue weighted by Gasteiger charge is 2.30. The molecule has 31 heavy (non-hydrogen) atoms. The molecule has 1 amide bonds. The number of anilines is 1. The van der Waals surface area contributed by atoms with Crippen molar-refractivity contribution in [3.8, 4) is 0 Å². The lowest BCUT2D eigenvalue weighted by Gasteiger charge is -2.14. The maximum absolute atomic E-state index is 12.6. The van der Waals surface area contributed by atoms with Crippen LogP contribution in [-0.2, 0) is 11.8 Å². The molecular formula is C22H40N6O3. The van der Waals surface area contributed by atoms with Gasteiger partial charge in [0.05, 0.1) is 12.2 Å². The molecule has 9 nitrogen and oxygen atoms in total. The monoisotopic (exact) mass is 436 g/mol. The Kier molecular flexibility index (Phi) is 7.35. The van der Waals surface area contributed by atoms with Crippen LogP contribution in [0.4, 0.5) is 10.6 Å². The van der Waals surface area contributed by atoms with Gasteiger partial charge in [-0.3, -0.25) is 14.6 Å². The van der Waals surface area contributed by atoms with Gasteiger partial charge in [-0.2, -0.15) is 10.2 Å². The van der Waals surface area contributed by atoms with E-state index >= 15 is 0 Å². The first-order valence-corrected chi connectivity index (χ1v) is 11.1. The summed E-state index contributed by atoms with van der Waals surface area (Å²) in [5.74, 6) is 1.19. The number of rotatable bonds is 9. The number of H-pyrrole nitrogens is 1.